The number of hydrogen-bond donors (Lipinski definition) is 1. The average molecular weight is 422 g/mol. The van der Waals surface area contributed by atoms with Gasteiger partial charge >= 0.3 is 0 Å². The third-order valence-corrected chi connectivity index (χ3v) is 5.09. The molecule has 3 heterocycles. The van der Waals surface area contributed by atoms with Crippen molar-refractivity contribution in [1.82, 2.24) is 24.9 Å². The molecule has 1 N–H and O–H groups in total. The second kappa shape index (κ2) is 8.71. The summed E-state index contributed by atoms with van der Waals surface area (Å²) in [4.78, 5) is 29.3. The monoisotopic (exact) mass is 421 g/mol. The number of likely N-dealkylation sites (N-methyl/N-ethyl adjacent to an activating group) is 1. The van der Waals surface area contributed by atoms with Crippen molar-refractivity contribution in [3.63, 3.8) is 0 Å². The van der Waals surface area contributed by atoms with E-state index in [2.05, 4.69) is 10.4 Å². The molecule has 1 fully saturated rings. The van der Waals surface area contributed by atoms with Crippen molar-refractivity contribution in [3.8, 4) is 11.5 Å². The van der Waals surface area contributed by atoms with Gasteiger partial charge in [0.25, 0.3) is 5.91 Å². The molecule has 1 aromatic carbocycles. The van der Waals surface area contributed by atoms with Crippen molar-refractivity contribution in [2.24, 2.45) is 7.05 Å². The van der Waals surface area contributed by atoms with Crippen LogP contribution in [0.4, 0.5) is 0 Å². The number of carbonyl (C=O) groups is 2. The highest BCUT2D eigenvalue weighted by molar-refractivity contribution is 5.95. The highest BCUT2D eigenvalue weighted by Gasteiger charge is 2.30. The molecule has 4 rings (SSSR count). The Morgan fingerprint density at radius 3 is 2.45 bits per heavy atom. The second-order valence-electron chi connectivity index (χ2n) is 6.85. The molecule has 29 heavy (non-hydrogen) atoms. The fourth-order valence-corrected chi connectivity index (χ4v) is 3.55. The Labute approximate surface area is 175 Å². The zero-order chi connectivity index (χ0) is 19.7. The lowest BCUT2D eigenvalue weighted by Gasteiger charge is -2.36. The molecule has 0 saturated carbocycles. The lowest BCUT2D eigenvalue weighted by molar-refractivity contribution is -0.135. The van der Waals surface area contributed by atoms with Crippen LogP contribution in [0.15, 0.2) is 30.6 Å². The predicted molar refractivity (Wildman–Crippen MR) is 107 cm³/mol. The highest BCUT2D eigenvalue weighted by Crippen LogP contribution is 2.32. The van der Waals surface area contributed by atoms with Crippen molar-refractivity contribution in [2.75, 3.05) is 40.0 Å². The molecule has 10 heteroatoms. The van der Waals surface area contributed by atoms with Gasteiger partial charge in [-0.05, 0) is 25.2 Å². The van der Waals surface area contributed by atoms with E-state index in [-0.39, 0.29) is 31.0 Å². The van der Waals surface area contributed by atoms with Gasteiger partial charge in [0, 0.05) is 50.6 Å². The predicted octanol–water partition coefficient (Wildman–Crippen LogP) is 0.816. The Morgan fingerprint density at radius 1 is 1.10 bits per heavy atom. The summed E-state index contributed by atoms with van der Waals surface area (Å²) in [6.07, 6.45) is 3.52. The SMILES string of the molecule is CNC(C(=O)N1CCN(C(=O)c2ccc3c(c2)OCO3)CC1)c1cnn(C)c1.Cl. The summed E-state index contributed by atoms with van der Waals surface area (Å²) >= 11 is 0. The maximum absolute atomic E-state index is 12.9. The first-order valence-corrected chi connectivity index (χ1v) is 9.20. The Morgan fingerprint density at radius 2 is 1.79 bits per heavy atom. The second-order valence-corrected chi connectivity index (χ2v) is 6.85. The van der Waals surface area contributed by atoms with Gasteiger partial charge in [-0.2, -0.15) is 5.10 Å². The van der Waals surface area contributed by atoms with E-state index in [9.17, 15) is 9.59 Å². The van der Waals surface area contributed by atoms with E-state index in [0.717, 1.165) is 5.56 Å². The molecule has 2 aliphatic rings. The van der Waals surface area contributed by atoms with Crippen LogP contribution in [-0.2, 0) is 11.8 Å². The van der Waals surface area contributed by atoms with E-state index in [4.69, 9.17) is 9.47 Å². The lowest BCUT2D eigenvalue weighted by Crippen LogP contribution is -2.52. The van der Waals surface area contributed by atoms with Gasteiger partial charge in [0.15, 0.2) is 11.5 Å². The molecule has 2 aliphatic heterocycles. The number of fused-ring (bicyclic) bond motifs is 1. The summed E-state index contributed by atoms with van der Waals surface area (Å²) in [5.41, 5.74) is 1.39. The molecule has 1 saturated heterocycles. The van der Waals surface area contributed by atoms with Gasteiger partial charge in [0.2, 0.25) is 12.7 Å². The number of aromatic nitrogens is 2. The Kier molecular flexibility index (Phi) is 6.29. The fourth-order valence-electron chi connectivity index (χ4n) is 3.55. The topological polar surface area (TPSA) is 88.9 Å². The summed E-state index contributed by atoms with van der Waals surface area (Å²) in [5.74, 6) is 1.17. The number of aryl methyl sites for hydroxylation is 1. The van der Waals surface area contributed by atoms with Crippen LogP contribution in [0.1, 0.15) is 22.0 Å². The summed E-state index contributed by atoms with van der Waals surface area (Å²) < 4.78 is 12.3. The van der Waals surface area contributed by atoms with Crippen molar-refractivity contribution in [2.45, 2.75) is 6.04 Å². The maximum atomic E-state index is 12.9. The number of amides is 2. The molecule has 1 atom stereocenters. The molecule has 2 amide bonds. The number of halogens is 1. The Bertz CT molecular complexity index is 894. The minimum absolute atomic E-state index is 0. The van der Waals surface area contributed by atoms with Crippen molar-refractivity contribution in [3.05, 3.63) is 41.7 Å². The zero-order valence-corrected chi connectivity index (χ0v) is 17.1. The largest absolute Gasteiger partial charge is 0.454 e. The minimum atomic E-state index is -0.440. The first-order chi connectivity index (χ1) is 13.6. The van der Waals surface area contributed by atoms with Crippen LogP contribution in [0.3, 0.4) is 0 Å². The number of hydrogen-bond acceptors (Lipinski definition) is 6. The van der Waals surface area contributed by atoms with E-state index in [1.54, 1.807) is 45.9 Å². The van der Waals surface area contributed by atoms with Crippen molar-refractivity contribution >= 4 is 24.2 Å². The Hall–Kier alpha value is -2.78. The molecule has 156 valence electrons. The average Bonchev–Trinajstić information content (AvgIpc) is 3.36. The number of piperazine rings is 1. The first-order valence-electron chi connectivity index (χ1n) is 9.20. The van der Waals surface area contributed by atoms with Gasteiger partial charge in [-0.25, -0.2) is 0 Å². The van der Waals surface area contributed by atoms with Gasteiger partial charge in [0.1, 0.15) is 6.04 Å². The molecular formula is C19H24ClN5O4. The van der Waals surface area contributed by atoms with Crippen LogP contribution < -0.4 is 14.8 Å². The standard InChI is InChI=1S/C19H23N5O4.ClH/c1-20-17(14-10-21-22(2)11-14)19(26)24-7-5-23(6-8-24)18(25)13-3-4-15-16(9-13)28-12-27-15;/h3-4,9-11,17,20H,5-8,12H2,1-2H3;1H. The zero-order valence-electron chi connectivity index (χ0n) is 16.3. The summed E-state index contributed by atoms with van der Waals surface area (Å²) in [5, 5.41) is 7.20. The van der Waals surface area contributed by atoms with Crippen LogP contribution in [0.25, 0.3) is 0 Å². The third-order valence-electron chi connectivity index (χ3n) is 5.09. The van der Waals surface area contributed by atoms with Gasteiger partial charge < -0.3 is 24.6 Å². The van der Waals surface area contributed by atoms with Gasteiger partial charge in [0.05, 0.1) is 6.20 Å². The van der Waals surface area contributed by atoms with Crippen LogP contribution in [0.2, 0.25) is 0 Å². The van der Waals surface area contributed by atoms with Crippen LogP contribution in [0.5, 0.6) is 11.5 Å². The lowest BCUT2D eigenvalue weighted by atomic mass is 10.1. The van der Waals surface area contributed by atoms with Crippen molar-refractivity contribution < 1.29 is 19.1 Å². The van der Waals surface area contributed by atoms with Crippen molar-refractivity contribution in [1.29, 1.82) is 0 Å². The third kappa shape index (κ3) is 4.15. The van der Waals surface area contributed by atoms with Gasteiger partial charge in [-0.1, -0.05) is 0 Å². The van der Waals surface area contributed by atoms with E-state index >= 15 is 0 Å². The van der Waals surface area contributed by atoms with E-state index < -0.39 is 6.04 Å². The quantitative estimate of drug-likeness (QED) is 0.786. The number of nitrogens with one attached hydrogen (secondary N) is 1. The van der Waals surface area contributed by atoms with E-state index in [1.807, 2.05) is 13.2 Å². The molecule has 0 aliphatic carbocycles. The number of ether oxygens (including phenoxy) is 2. The van der Waals surface area contributed by atoms with Gasteiger partial charge in [-0.3, -0.25) is 14.3 Å². The molecule has 2 aromatic rings. The van der Waals surface area contributed by atoms with E-state index in [1.165, 1.54) is 0 Å². The summed E-state index contributed by atoms with van der Waals surface area (Å²) in [6, 6.07) is 4.76. The molecule has 1 aromatic heterocycles. The first kappa shape index (κ1) is 20.9. The number of nitrogens with zero attached hydrogens (tertiary/aromatic N) is 4. The molecule has 9 nitrogen and oxygen atoms in total. The summed E-state index contributed by atoms with van der Waals surface area (Å²) in [6.45, 7) is 2.14. The molecular weight excluding hydrogens is 398 g/mol. The normalized spacial score (nSPS) is 16.3. The summed E-state index contributed by atoms with van der Waals surface area (Å²) in [7, 11) is 3.58. The number of rotatable bonds is 4. The maximum Gasteiger partial charge on any atom is 0.254 e. The highest BCUT2D eigenvalue weighted by atomic mass is 35.5. The molecule has 0 bridgehead atoms. The fraction of sp³-hybridized carbons (Fsp3) is 0.421. The van der Waals surface area contributed by atoms with Gasteiger partial charge in [-0.15, -0.1) is 12.4 Å². The Balaban J connectivity index is 0.00000240. The van der Waals surface area contributed by atoms with Crippen LogP contribution in [0, 0.1) is 0 Å². The van der Waals surface area contributed by atoms with E-state index in [0.29, 0.717) is 43.2 Å². The van der Waals surface area contributed by atoms with Crippen LogP contribution in [-0.4, -0.2) is 71.4 Å². The van der Waals surface area contributed by atoms with Crippen LogP contribution >= 0.6 is 12.4 Å². The number of carbonyl (C=O) groups excluding carboxylic acids is 2. The number of benzene rings is 1. The molecule has 0 spiro atoms. The smallest absolute Gasteiger partial charge is 0.254 e. The minimum Gasteiger partial charge on any atom is -0.454 e. The molecule has 1 unspecified atom stereocenters. The molecule has 0 radical (unpaired) electrons.